The normalized spacial score (nSPS) is 16.9. The van der Waals surface area contributed by atoms with Crippen LogP contribution >= 0.6 is 11.8 Å². The smallest absolute Gasteiger partial charge is 0.219 e. The van der Waals surface area contributed by atoms with Crippen LogP contribution in [-0.4, -0.2) is 58.0 Å². The molecule has 0 atom stereocenters. The maximum atomic E-state index is 12.2. The van der Waals surface area contributed by atoms with Gasteiger partial charge in [0.15, 0.2) is 0 Å². The third-order valence-corrected chi connectivity index (χ3v) is 8.22. The molecular weight excluding hydrogens is 446 g/mol. The fourth-order valence-corrected chi connectivity index (χ4v) is 6.44. The molecular formula is C25H29N7OS. The molecule has 0 bridgehead atoms. The number of carbonyl (C=O) groups excluding carboxylic acids is 1. The molecule has 0 N–H and O–H groups in total. The minimum absolute atomic E-state index is 0.121. The van der Waals surface area contributed by atoms with E-state index >= 15 is 0 Å². The summed E-state index contributed by atoms with van der Waals surface area (Å²) in [5.74, 6) is 4.20. The average Bonchev–Trinajstić information content (AvgIpc) is 3.54. The molecule has 1 fully saturated rings. The van der Waals surface area contributed by atoms with Gasteiger partial charge in [0.1, 0.15) is 11.5 Å². The molecule has 3 aromatic heterocycles. The Kier molecular flexibility index (Phi) is 5.24. The van der Waals surface area contributed by atoms with E-state index in [9.17, 15) is 4.79 Å². The number of carbonyl (C=O) groups is 1. The first-order valence-electron chi connectivity index (χ1n) is 11.9. The highest BCUT2D eigenvalue weighted by molar-refractivity contribution is 7.99. The third-order valence-electron chi connectivity index (χ3n) is 7.17. The summed E-state index contributed by atoms with van der Waals surface area (Å²) < 4.78 is 6.13. The Balaban J connectivity index is 1.50. The molecule has 2 aliphatic rings. The van der Waals surface area contributed by atoms with Crippen LogP contribution in [0.15, 0.2) is 30.6 Å². The Hall–Kier alpha value is -3.07. The van der Waals surface area contributed by atoms with Gasteiger partial charge in [-0.1, -0.05) is 6.07 Å². The first-order chi connectivity index (χ1) is 16.5. The van der Waals surface area contributed by atoms with Gasteiger partial charge in [-0.15, -0.1) is 0 Å². The van der Waals surface area contributed by atoms with Crippen molar-refractivity contribution in [2.45, 2.75) is 38.8 Å². The zero-order valence-corrected chi connectivity index (χ0v) is 20.7. The standard InChI is InChI=1S/C25H29N7OS/c1-16(33)31-8-9-32-22(15-31)24(27-25(32)17-6-10-34-11-7-17)18-4-5-21-20(12-18)23(28-30(21)3)19-13-26-29(2)14-19/h4-5,12-14,17H,6-11,15H2,1-3H3. The molecule has 6 rings (SSSR count). The zero-order chi connectivity index (χ0) is 23.4. The molecule has 8 nitrogen and oxygen atoms in total. The minimum atomic E-state index is 0.121. The first kappa shape index (κ1) is 21.5. The number of imidazole rings is 1. The molecule has 34 heavy (non-hydrogen) atoms. The van der Waals surface area contributed by atoms with Crippen molar-refractivity contribution in [3.05, 3.63) is 42.1 Å². The summed E-state index contributed by atoms with van der Waals surface area (Å²) in [7, 11) is 3.90. The van der Waals surface area contributed by atoms with Crippen LogP contribution in [0.4, 0.5) is 0 Å². The number of amides is 1. The van der Waals surface area contributed by atoms with Crippen LogP contribution in [0.25, 0.3) is 33.4 Å². The van der Waals surface area contributed by atoms with E-state index in [1.807, 2.05) is 47.8 Å². The lowest BCUT2D eigenvalue weighted by Crippen LogP contribution is -2.37. The number of hydrogen-bond acceptors (Lipinski definition) is 5. The molecule has 0 aliphatic carbocycles. The van der Waals surface area contributed by atoms with Crippen LogP contribution in [-0.2, 0) is 32.0 Å². The number of thioether (sulfide) groups is 1. The topological polar surface area (TPSA) is 73.8 Å². The Bertz CT molecular complexity index is 1390. The second kappa shape index (κ2) is 8.30. The van der Waals surface area contributed by atoms with Gasteiger partial charge in [0.05, 0.1) is 29.6 Å². The number of aromatic nitrogens is 6. The van der Waals surface area contributed by atoms with Crippen molar-refractivity contribution in [2.75, 3.05) is 18.1 Å². The van der Waals surface area contributed by atoms with Crippen LogP contribution in [0.3, 0.4) is 0 Å². The summed E-state index contributed by atoms with van der Waals surface area (Å²) in [5.41, 5.74) is 6.24. The number of fused-ring (bicyclic) bond motifs is 2. The largest absolute Gasteiger partial charge is 0.335 e. The highest BCUT2D eigenvalue weighted by atomic mass is 32.2. The Morgan fingerprint density at radius 3 is 2.65 bits per heavy atom. The fraction of sp³-hybridized carbons (Fsp3) is 0.440. The second-order valence-corrected chi connectivity index (χ2v) is 10.6. The zero-order valence-electron chi connectivity index (χ0n) is 19.9. The second-order valence-electron chi connectivity index (χ2n) is 9.35. The minimum Gasteiger partial charge on any atom is -0.335 e. The van der Waals surface area contributed by atoms with Crippen molar-refractivity contribution < 1.29 is 4.79 Å². The number of benzene rings is 1. The lowest BCUT2D eigenvalue weighted by atomic mass is 10.0. The quantitative estimate of drug-likeness (QED) is 0.451. The molecule has 2 aliphatic heterocycles. The highest BCUT2D eigenvalue weighted by Crippen LogP contribution is 2.38. The van der Waals surface area contributed by atoms with Gasteiger partial charge in [-0.2, -0.15) is 22.0 Å². The SMILES string of the molecule is CC(=O)N1CCn2c(C3CCSCC3)nc(-c3ccc4c(c3)c(-c3cnn(C)c3)nn4C)c2C1. The van der Waals surface area contributed by atoms with Crippen molar-refractivity contribution >= 4 is 28.6 Å². The van der Waals surface area contributed by atoms with Crippen LogP contribution in [0.1, 0.15) is 37.2 Å². The van der Waals surface area contributed by atoms with Gasteiger partial charge in [-0.3, -0.25) is 14.2 Å². The molecule has 0 saturated carbocycles. The molecule has 4 aromatic rings. The van der Waals surface area contributed by atoms with Gasteiger partial charge in [-0.25, -0.2) is 4.98 Å². The van der Waals surface area contributed by atoms with Crippen LogP contribution in [0.2, 0.25) is 0 Å². The van der Waals surface area contributed by atoms with E-state index in [-0.39, 0.29) is 5.91 Å². The van der Waals surface area contributed by atoms with E-state index in [1.165, 1.54) is 30.2 Å². The van der Waals surface area contributed by atoms with E-state index in [0.717, 1.165) is 52.2 Å². The maximum Gasteiger partial charge on any atom is 0.219 e. The van der Waals surface area contributed by atoms with E-state index < -0.39 is 0 Å². The lowest BCUT2D eigenvalue weighted by molar-refractivity contribution is -0.130. The summed E-state index contributed by atoms with van der Waals surface area (Å²) in [6.07, 6.45) is 6.20. The highest BCUT2D eigenvalue weighted by Gasteiger charge is 2.30. The number of hydrogen-bond donors (Lipinski definition) is 0. The summed E-state index contributed by atoms with van der Waals surface area (Å²) in [4.78, 5) is 19.4. The van der Waals surface area contributed by atoms with Crippen molar-refractivity contribution in [2.24, 2.45) is 14.1 Å². The number of aryl methyl sites for hydroxylation is 2. The van der Waals surface area contributed by atoms with E-state index in [2.05, 4.69) is 27.9 Å². The van der Waals surface area contributed by atoms with Crippen molar-refractivity contribution in [1.29, 1.82) is 0 Å². The van der Waals surface area contributed by atoms with Crippen LogP contribution in [0.5, 0.6) is 0 Å². The van der Waals surface area contributed by atoms with E-state index in [0.29, 0.717) is 12.5 Å². The summed E-state index contributed by atoms with van der Waals surface area (Å²) in [5, 5.41) is 10.2. The van der Waals surface area contributed by atoms with Gasteiger partial charge < -0.3 is 9.47 Å². The van der Waals surface area contributed by atoms with Gasteiger partial charge in [0.25, 0.3) is 0 Å². The third kappa shape index (κ3) is 3.53. The molecule has 1 amide bonds. The van der Waals surface area contributed by atoms with Crippen molar-refractivity contribution in [3.63, 3.8) is 0 Å². The van der Waals surface area contributed by atoms with Crippen molar-refractivity contribution in [1.82, 2.24) is 34.0 Å². The van der Waals surface area contributed by atoms with E-state index in [4.69, 9.17) is 10.1 Å². The summed E-state index contributed by atoms with van der Waals surface area (Å²) in [6.45, 7) is 3.84. The number of nitrogens with zero attached hydrogens (tertiary/aromatic N) is 7. The molecule has 0 spiro atoms. The van der Waals surface area contributed by atoms with Gasteiger partial charge >= 0.3 is 0 Å². The maximum absolute atomic E-state index is 12.2. The number of rotatable bonds is 3. The molecule has 1 saturated heterocycles. The van der Waals surface area contributed by atoms with Crippen molar-refractivity contribution in [3.8, 4) is 22.5 Å². The molecule has 5 heterocycles. The lowest BCUT2D eigenvalue weighted by Gasteiger charge is -2.30. The van der Waals surface area contributed by atoms with Gasteiger partial charge in [0, 0.05) is 62.7 Å². The molecule has 1 aromatic carbocycles. The van der Waals surface area contributed by atoms with Gasteiger partial charge in [-0.05, 0) is 36.5 Å². The first-order valence-corrected chi connectivity index (χ1v) is 13.0. The average molecular weight is 476 g/mol. The fourth-order valence-electron chi connectivity index (χ4n) is 5.33. The predicted octanol–water partition coefficient (Wildman–Crippen LogP) is 3.81. The molecule has 9 heteroatoms. The Morgan fingerprint density at radius 2 is 1.91 bits per heavy atom. The molecule has 0 unspecified atom stereocenters. The summed E-state index contributed by atoms with van der Waals surface area (Å²) >= 11 is 2.04. The summed E-state index contributed by atoms with van der Waals surface area (Å²) in [6, 6.07) is 6.49. The Morgan fingerprint density at radius 1 is 1.09 bits per heavy atom. The molecule has 0 radical (unpaired) electrons. The van der Waals surface area contributed by atoms with Crippen LogP contribution in [0, 0.1) is 0 Å². The van der Waals surface area contributed by atoms with E-state index in [1.54, 1.807) is 11.6 Å². The monoisotopic (exact) mass is 475 g/mol. The Labute approximate surface area is 202 Å². The van der Waals surface area contributed by atoms with Crippen LogP contribution < -0.4 is 0 Å². The predicted molar refractivity (Wildman–Crippen MR) is 135 cm³/mol. The molecule has 176 valence electrons. The van der Waals surface area contributed by atoms with Gasteiger partial charge in [0.2, 0.25) is 5.91 Å².